The van der Waals surface area contributed by atoms with Crippen molar-refractivity contribution in [2.24, 2.45) is 5.92 Å². The molecule has 0 unspecified atom stereocenters. The van der Waals surface area contributed by atoms with Crippen molar-refractivity contribution in [2.75, 3.05) is 0 Å². The fourth-order valence-corrected chi connectivity index (χ4v) is 5.39. The van der Waals surface area contributed by atoms with Crippen LogP contribution in [0.5, 0.6) is 5.75 Å². The molecule has 0 spiro atoms. The van der Waals surface area contributed by atoms with E-state index in [4.69, 9.17) is 4.74 Å². The van der Waals surface area contributed by atoms with E-state index in [2.05, 4.69) is 12.2 Å². The van der Waals surface area contributed by atoms with Crippen LogP contribution in [0.25, 0.3) is 0 Å². The maximum atomic E-state index is 13.4. The van der Waals surface area contributed by atoms with Crippen LogP contribution in [0.15, 0.2) is 66.7 Å². The van der Waals surface area contributed by atoms with Crippen LogP contribution in [-0.4, -0.2) is 61.7 Å². The van der Waals surface area contributed by atoms with Crippen LogP contribution in [0.4, 0.5) is 0 Å². The minimum Gasteiger partial charge on any atom is -0.489 e. The molecule has 1 amide bonds. The molecule has 0 aliphatic heterocycles. The zero-order valence-corrected chi connectivity index (χ0v) is 28.4. The maximum Gasteiger partial charge on any atom is 0.337 e. The van der Waals surface area contributed by atoms with Gasteiger partial charge in [0.25, 0.3) is 0 Å². The first-order chi connectivity index (χ1) is 23.5. The van der Waals surface area contributed by atoms with Gasteiger partial charge in [-0.25, -0.2) is 9.59 Å². The third kappa shape index (κ3) is 15.5. The van der Waals surface area contributed by atoms with Crippen LogP contribution in [0.2, 0.25) is 0 Å². The van der Waals surface area contributed by atoms with E-state index in [9.17, 15) is 44.4 Å². The molecule has 11 heteroatoms. The van der Waals surface area contributed by atoms with Gasteiger partial charge in [0.15, 0.2) is 5.60 Å². The quantitative estimate of drug-likeness (QED) is 0.0573. The molecule has 5 N–H and O–H groups in total. The molecule has 0 aliphatic rings. The monoisotopic (exact) mass is 681 g/mol. The lowest BCUT2D eigenvalue weighted by atomic mass is 9.82. The normalized spacial score (nSPS) is 13.7. The van der Waals surface area contributed by atoms with Crippen molar-refractivity contribution in [3.05, 3.63) is 77.9 Å². The minimum absolute atomic E-state index is 0.164. The van der Waals surface area contributed by atoms with Crippen molar-refractivity contribution in [1.29, 1.82) is 0 Å². The van der Waals surface area contributed by atoms with E-state index in [-0.39, 0.29) is 12.2 Å². The van der Waals surface area contributed by atoms with Crippen molar-refractivity contribution in [3.8, 4) is 5.75 Å². The van der Waals surface area contributed by atoms with Gasteiger partial charge < -0.3 is 30.5 Å². The highest BCUT2D eigenvalue weighted by Crippen LogP contribution is 2.26. The second-order valence-electron chi connectivity index (χ2n) is 12.4. The number of carbonyl (C=O) groups is 5. The molecule has 3 atom stereocenters. The summed E-state index contributed by atoms with van der Waals surface area (Å²) in [6, 6.07) is 14.6. The summed E-state index contributed by atoms with van der Waals surface area (Å²) in [5.74, 6) is -7.16. The molecular weight excluding hydrogens is 630 g/mol. The predicted molar refractivity (Wildman–Crippen MR) is 184 cm³/mol. The summed E-state index contributed by atoms with van der Waals surface area (Å²) in [7, 11) is 0. The average molecular weight is 682 g/mol. The first-order valence-corrected chi connectivity index (χ1v) is 17.1. The summed E-state index contributed by atoms with van der Waals surface area (Å²) in [5, 5.41) is 42.2. The Morgan fingerprint density at radius 3 is 1.98 bits per heavy atom. The van der Waals surface area contributed by atoms with Gasteiger partial charge in [0.2, 0.25) is 5.91 Å². The topological polar surface area (TPSA) is 188 Å². The number of nitrogens with one attached hydrogen (secondary N) is 1. The van der Waals surface area contributed by atoms with Crippen molar-refractivity contribution >= 4 is 29.6 Å². The summed E-state index contributed by atoms with van der Waals surface area (Å²) in [5.41, 5.74) is -1.51. The lowest BCUT2D eigenvalue weighted by Crippen LogP contribution is -2.55. The van der Waals surface area contributed by atoms with Crippen LogP contribution in [0.3, 0.4) is 0 Å². The summed E-state index contributed by atoms with van der Waals surface area (Å²) < 4.78 is 5.75. The molecule has 0 heterocycles. The molecule has 0 aromatic heterocycles. The zero-order valence-electron chi connectivity index (χ0n) is 28.4. The van der Waals surface area contributed by atoms with Crippen LogP contribution >= 0.6 is 0 Å². The fourth-order valence-electron chi connectivity index (χ4n) is 5.39. The Morgan fingerprint density at radius 2 is 1.41 bits per heavy atom. The molecule has 2 aromatic rings. The molecule has 0 radical (unpaired) electrons. The number of amides is 1. The first-order valence-electron chi connectivity index (χ1n) is 17.1. The average Bonchev–Trinajstić information content (AvgIpc) is 3.06. The van der Waals surface area contributed by atoms with Crippen LogP contribution < -0.4 is 10.1 Å². The third-order valence-corrected chi connectivity index (χ3v) is 8.28. The number of ketones is 1. The Bertz CT molecular complexity index is 1360. The van der Waals surface area contributed by atoms with E-state index in [0.29, 0.717) is 43.6 Å². The Kier molecular flexibility index (Phi) is 18.4. The van der Waals surface area contributed by atoms with Gasteiger partial charge in [-0.2, -0.15) is 0 Å². The van der Waals surface area contributed by atoms with Crippen molar-refractivity contribution < 1.29 is 49.1 Å². The predicted octanol–water partition coefficient (Wildman–Crippen LogP) is 6.11. The van der Waals surface area contributed by atoms with Gasteiger partial charge in [-0.1, -0.05) is 100 Å². The summed E-state index contributed by atoms with van der Waals surface area (Å²) in [4.78, 5) is 61.1. The molecule has 0 saturated heterocycles. The van der Waals surface area contributed by atoms with Crippen molar-refractivity contribution in [1.82, 2.24) is 5.32 Å². The maximum absolute atomic E-state index is 13.4. The zero-order chi connectivity index (χ0) is 36.1. The minimum atomic E-state index is -3.02. The van der Waals surface area contributed by atoms with Gasteiger partial charge in [0.1, 0.15) is 24.2 Å². The number of carbonyl (C=O) groups excluding carboxylic acids is 2. The summed E-state index contributed by atoms with van der Waals surface area (Å²) in [6.07, 6.45) is 11.2. The van der Waals surface area contributed by atoms with E-state index in [0.717, 1.165) is 56.6 Å². The molecule has 2 rings (SSSR count). The second kappa shape index (κ2) is 22.2. The number of allylic oxidation sites excluding steroid dienone is 1. The smallest absolute Gasteiger partial charge is 0.337 e. The SMILES string of the molecule is CCCCCCCC(=O)CCCCCC/C=C/[C@@H](C(=O)N[C@@H](Cc1ccc(OCc2ccccc2)cc1)C(=O)O)[C@@](O)(CC(=O)O)C(=O)O. The van der Waals surface area contributed by atoms with Crippen molar-refractivity contribution in [2.45, 2.75) is 115 Å². The third-order valence-electron chi connectivity index (χ3n) is 8.28. The molecule has 268 valence electrons. The lowest BCUT2D eigenvalue weighted by molar-refractivity contribution is -0.172. The molecule has 0 fully saturated rings. The van der Waals surface area contributed by atoms with Gasteiger partial charge in [-0.3, -0.25) is 14.4 Å². The van der Waals surface area contributed by atoms with Gasteiger partial charge in [0.05, 0.1) is 12.3 Å². The molecular formula is C38H51NO10. The Labute approximate surface area is 288 Å². The number of rotatable bonds is 26. The first kappa shape index (κ1) is 40.7. The molecule has 2 aromatic carbocycles. The largest absolute Gasteiger partial charge is 0.489 e. The second-order valence-corrected chi connectivity index (χ2v) is 12.4. The Morgan fingerprint density at radius 1 is 0.796 bits per heavy atom. The number of hydrogen-bond donors (Lipinski definition) is 5. The van der Waals surface area contributed by atoms with Crippen LogP contribution in [-0.2, 0) is 37.0 Å². The van der Waals surface area contributed by atoms with Gasteiger partial charge in [-0.05, 0) is 48.9 Å². The van der Waals surface area contributed by atoms with E-state index in [1.807, 2.05) is 30.3 Å². The highest BCUT2D eigenvalue weighted by Gasteiger charge is 2.49. The van der Waals surface area contributed by atoms with Gasteiger partial charge >= 0.3 is 17.9 Å². The van der Waals surface area contributed by atoms with Gasteiger partial charge in [0, 0.05) is 19.3 Å². The Hall–Kier alpha value is -4.51. The summed E-state index contributed by atoms with van der Waals surface area (Å²) in [6.45, 7) is 2.49. The van der Waals surface area contributed by atoms with E-state index in [1.54, 1.807) is 24.3 Å². The number of hydrogen-bond acceptors (Lipinski definition) is 7. The number of unbranched alkanes of at least 4 members (excludes halogenated alkanes) is 8. The molecule has 49 heavy (non-hydrogen) atoms. The van der Waals surface area contributed by atoms with E-state index >= 15 is 0 Å². The number of aliphatic hydroxyl groups is 1. The molecule has 0 bridgehead atoms. The molecule has 0 saturated carbocycles. The van der Waals surface area contributed by atoms with Crippen LogP contribution in [0, 0.1) is 5.92 Å². The van der Waals surface area contributed by atoms with Gasteiger partial charge in [-0.15, -0.1) is 0 Å². The standard InChI is InChI=1S/C38H51NO10/c1-2-3-4-7-13-18-30(40)19-14-8-5-6-9-15-20-32(38(48,37(46)47)26-34(41)42)35(43)39-33(36(44)45)25-28-21-23-31(24-22-28)49-27-29-16-11-10-12-17-29/h10-12,15-17,20-24,32-33,48H,2-9,13-14,18-19,25-27H2,1H3,(H,39,43)(H,41,42)(H,44,45)(H,46,47)/b20-15+/t32-,33-,38-/m0/s1. The van der Waals surface area contributed by atoms with Crippen LogP contribution in [0.1, 0.15) is 102 Å². The number of benzene rings is 2. The van der Waals surface area contributed by atoms with E-state index < -0.39 is 47.8 Å². The number of Topliss-reactive ketones (excluding diaryl/α,β-unsaturated/α-hetero) is 1. The lowest BCUT2D eigenvalue weighted by Gasteiger charge is -2.29. The molecule has 11 nitrogen and oxygen atoms in total. The highest BCUT2D eigenvalue weighted by molar-refractivity contribution is 5.94. The number of aliphatic carboxylic acids is 3. The van der Waals surface area contributed by atoms with Crippen molar-refractivity contribution in [3.63, 3.8) is 0 Å². The summed E-state index contributed by atoms with van der Waals surface area (Å²) >= 11 is 0. The highest BCUT2D eigenvalue weighted by atomic mass is 16.5. The number of carboxylic acid groups (broad SMARTS) is 3. The fraction of sp³-hybridized carbons (Fsp3) is 0.500. The molecule has 0 aliphatic carbocycles. The number of carboxylic acids is 3. The van der Waals surface area contributed by atoms with E-state index in [1.165, 1.54) is 12.5 Å². The number of ether oxygens (including phenoxy) is 1. The Balaban J connectivity index is 1.98.